The Morgan fingerprint density at radius 1 is 0.962 bits per heavy atom. The molecule has 1 aliphatic rings. The van der Waals surface area contributed by atoms with Gasteiger partial charge in [0, 0.05) is 19.8 Å². The van der Waals surface area contributed by atoms with Crippen LogP contribution in [0.3, 0.4) is 0 Å². The Morgan fingerprint density at radius 2 is 1.50 bits per heavy atom. The van der Waals surface area contributed by atoms with Gasteiger partial charge in [0.2, 0.25) is 0 Å². The number of hydrogen-bond donors (Lipinski definition) is 0. The van der Waals surface area contributed by atoms with Crippen LogP contribution in [0.2, 0.25) is 0 Å². The summed E-state index contributed by atoms with van der Waals surface area (Å²) in [6, 6.07) is 0. The highest BCUT2D eigenvalue weighted by molar-refractivity contribution is 6.00. The fourth-order valence-corrected chi connectivity index (χ4v) is 3.37. The number of ketones is 1. The van der Waals surface area contributed by atoms with Crippen molar-refractivity contribution in [3.63, 3.8) is 0 Å². The summed E-state index contributed by atoms with van der Waals surface area (Å²) in [6.07, 6.45) is 13.9. The number of hydrogen-bond acceptors (Lipinski definition) is 5. The fraction of sp³-hybridized carbons (Fsp3) is 0.857. The van der Waals surface area contributed by atoms with Crippen LogP contribution >= 0.6 is 0 Å². The molecule has 5 nitrogen and oxygen atoms in total. The lowest BCUT2D eigenvalue weighted by molar-refractivity contribution is -0.153. The number of carbonyl (C=O) groups is 3. The van der Waals surface area contributed by atoms with Gasteiger partial charge in [-0.2, -0.15) is 0 Å². The molecular formula is C21H36O5. The van der Waals surface area contributed by atoms with Gasteiger partial charge < -0.3 is 9.47 Å². The van der Waals surface area contributed by atoms with Crippen LogP contribution in [0.4, 0.5) is 0 Å². The Kier molecular flexibility index (Phi) is 12.0. The first-order valence-electron chi connectivity index (χ1n) is 10.4. The lowest BCUT2D eigenvalue weighted by atomic mass is 9.95. The molecule has 1 saturated heterocycles. The molecule has 0 aromatic rings. The Hall–Kier alpha value is -1.39. The number of Topliss-reactive ketones (excluding diaryl/α,β-unsaturated/α-hetero) is 1. The van der Waals surface area contributed by atoms with Gasteiger partial charge in [0.15, 0.2) is 0 Å². The maximum Gasteiger partial charge on any atom is 0.317 e. The molecule has 0 radical (unpaired) electrons. The minimum absolute atomic E-state index is 0.0313. The third kappa shape index (κ3) is 9.93. The van der Waals surface area contributed by atoms with E-state index in [4.69, 9.17) is 9.47 Å². The summed E-state index contributed by atoms with van der Waals surface area (Å²) >= 11 is 0. The third-order valence-corrected chi connectivity index (χ3v) is 4.95. The maximum atomic E-state index is 12.2. The Labute approximate surface area is 158 Å². The summed E-state index contributed by atoms with van der Waals surface area (Å²) in [6.45, 7) is 3.59. The Balaban J connectivity index is 2.01. The molecule has 1 heterocycles. The van der Waals surface area contributed by atoms with Crippen molar-refractivity contribution in [2.45, 2.75) is 103 Å². The zero-order valence-electron chi connectivity index (χ0n) is 16.6. The average molecular weight is 369 g/mol. The van der Waals surface area contributed by atoms with E-state index in [9.17, 15) is 14.4 Å². The van der Waals surface area contributed by atoms with Crippen LogP contribution in [0.5, 0.6) is 0 Å². The second kappa shape index (κ2) is 13.8. The van der Waals surface area contributed by atoms with Crippen LogP contribution in [0.1, 0.15) is 97.3 Å². The highest BCUT2D eigenvalue weighted by Crippen LogP contribution is 2.24. The Morgan fingerprint density at radius 3 is 2.04 bits per heavy atom. The van der Waals surface area contributed by atoms with E-state index < -0.39 is 24.0 Å². The first kappa shape index (κ1) is 22.7. The normalized spacial score (nSPS) is 19.4. The van der Waals surface area contributed by atoms with Crippen LogP contribution in [0.15, 0.2) is 0 Å². The predicted octanol–water partition coefficient (Wildman–Crippen LogP) is 4.75. The van der Waals surface area contributed by atoms with Crippen LogP contribution in [0.25, 0.3) is 0 Å². The fourth-order valence-electron chi connectivity index (χ4n) is 3.37. The molecule has 1 fully saturated rings. The highest BCUT2D eigenvalue weighted by atomic mass is 16.6. The van der Waals surface area contributed by atoms with Crippen molar-refractivity contribution in [2.24, 2.45) is 5.92 Å². The Bertz CT molecular complexity index is 432. The van der Waals surface area contributed by atoms with Gasteiger partial charge in [0.25, 0.3) is 0 Å². The quantitative estimate of drug-likeness (QED) is 0.237. The summed E-state index contributed by atoms with van der Waals surface area (Å²) < 4.78 is 9.96. The predicted molar refractivity (Wildman–Crippen MR) is 101 cm³/mol. The molecular weight excluding hydrogens is 332 g/mol. The van der Waals surface area contributed by atoms with Gasteiger partial charge in [-0.25, -0.2) is 0 Å². The minimum atomic E-state index is -0.668. The molecule has 0 aromatic heterocycles. The standard InChI is InChI=1S/C21H36O5/c1-3-4-5-6-7-8-9-10-11-12-13-14-20(23)19-15-18(26-21(19)24)16-25-17(2)22/h18-19H,3-16H2,1-2H3. The van der Waals surface area contributed by atoms with Crippen LogP contribution in [0, 0.1) is 5.92 Å². The second-order valence-corrected chi connectivity index (χ2v) is 7.40. The van der Waals surface area contributed by atoms with Crippen LogP contribution in [-0.4, -0.2) is 30.4 Å². The van der Waals surface area contributed by atoms with Crippen molar-refractivity contribution >= 4 is 17.7 Å². The molecule has 0 saturated carbocycles. The van der Waals surface area contributed by atoms with Gasteiger partial charge in [-0.05, 0) is 6.42 Å². The van der Waals surface area contributed by atoms with E-state index in [1.54, 1.807) is 0 Å². The summed E-state index contributed by atoms with van der Waals surface area (Å²) in [7, 11) is 0. The number of cyclic esters (lactones) is 1. The molecule has 0 spiro atoms. The number of unbranched alkanes of at least 4 members (excludes halogenated alkanes) is 10. The summed E-state index contributed by atoms with van der Waals surface area (Å²) in [5, 5.41) is 0. The molecule has 0 amide bonds. The lowest BCUT2D eigenvalue weighted by Crippen LogP contribution is -2.19. The van der Waals surface area contributed by atoms with Crippen LogP contribution < -0.4 is 0 Å². The molecule has 26 heavy (non-hydrogen) atoms. The van der Waals surface area contributed by atoms with Gasteiger partial charge >= 0.3 is 11.9 Å². The number of carbonyl (C=O) groups excluding carboxylic acids is 3. The summed E-state index contributed by atoms with van der Waals surface area (Å²) in [5.41, 5.74) is 0. The van der Waals surface area contributed by atoms with Crippen LogP contribution in [-0.2, 0) is 23.9 Å². The zero-order valence-corrected chi connectivity index (χ0v) is 16.6. The van der Waals surface area contributed by atoms with E-state index in [1.807, 2.05) is 0 Å². The molecule has 1 aliphatic heterocycles. The molecule has 0 bridgehead atoms. The minimum Gasteiger partial charge on any atom is -0.462 e. The first-order chi connectivity index (χ1) is 12.5. The first-order valence-corrected chi connectivity index (χ1v) is 10.4. The highest BCUT2D eigenvalue weighted by Gasteiger charge is 2.39. The van der Waals surface area contributed by atoms with Gasteiger partial charge in [-0.1, -0.05) is 71.1 Å². The van der Waals surface area contributed by atoms with Crippen molar-refractivity contribution < 1.29 is 23.9 Å². The van der Waals surface area contributed by atoms with E-state index in [1.165, 1.54) is 58.3 Å². The van der Waals surface area contributed by atoms with E-state index in [0.29, 0.717) is 12.8 Å². The number of esters is 2. The molecule has 0 aliphatic carbocycles. The third-order valence-electron chi connectivity index (χ3n) is 4.95. The molecule has 150 valence electrons. The maximum absolute atomic E-state index is 12.2. The average Bonchev–Trinajstić information content (AvgIpc) is 2.98. The lowest BCUT2D eigenvalue weighted by Gasteiger charge is -2.07. The van der Waals surface area contributed by atoms with Gasteiger partial charge in [-0.3, -0.25) is 14.4 Å². The van der Waals surface area contributed by atoms with Crippen molar-refractivity contribution in [3.8, 4) is 0 Å². The van der Waals surface area contributed by atoms with Gasteiger partial charge in [-0.15, -0.1) is 0 Å². The zero-order chi connectivity index (χ0) is 19.2. The van der Waals surface area contributed by atoms with E-state index >= 15 is 0 Å². The van der Waals surface area contributed by atoms with Gasteiger partial charge in [0.05, 0.1) is 0 Å². The smallest absolute Gasteiger partial charge is 0.317 e. The van der Waals surface area contributed by atoms with E-state index in [0.717, 1.165) is 19.3 Å². The topological polar surface area (TPSA) is 69.7 Å². The molecule has 1 rings (SSSR count). The molecule has 0 aromatic carbocycles. The molecule has 2 unspecified atom stereocenters. The van der Waals surface area contributed by atoms with Gasteiger partial charge in [0.1, 0.15) is 24.4 Å². The summed E-state index contributed by atoms with van der Waals surface area (Å²) in [5.74, 6) is -1.57. The SMILES string of the molecule is CCCCCCCCCCCCCC(=O)C1CC(COC(C)=O)OC1=O. The number of rotatable bonds is 15. The largest absolute Gasteiger partial charge is 0.462 e. The van der Waals surface area contributed by atoms with Crippen molar-refractivity contribution in [2.75, 3.05) is 6.61 Å². The molecule has 0 N–H and O–H groups in total. The monoisotopic (exact) mass is 368 g/mol. The van der Waals surface area contributed by atoms with Crippen molar-refractivity contribution in [3.05, 3.63) is 0 Å². The summed E-state index contributed by atoms with van der Waals surface area (Å²) in [4.78, 5) is 34.8. The van der Waals surface area contributed by atoms with Crippen molar-refractivity contribution in [1.29, 1.82) is 0 Å². The van der Waals surface area contributed by atoms with E-state index in [2.05, 4.69) is 6.92 Å². The van der Waals surface area contributed by atoms with E-state index in [-0.39, 0.29) is 12.4 Å². The molecule has 2 atom stereocenters. The molecule has 5 heteroatoms. The van der Waals surface area contributed by atoms with Crippen molar-refractivity contribution in [1.82, 2.24) is 0 Å². The number of ether oxygens (including phenoxy) is 2. The second-order valence-electron chi connectivity index (χ2n) is 7.40.